The molecule has 0 radical (unpaired) electrons. The van der Waals surface area contributed by atoms with Crippen LogP contribution in [0.15, 0.2) is 48.5 Å². The van der Waals surface area contributed by atoms with Crippen LogP contribution < -0.4 is 10.5 Å². The summed E-state index contributed by atoms with van der Waals surface area (Å²) >= 11 is 4.90. The van der Waals surface area contributed by atoms with Crippen molar-refractivity contribution in [3.63, 3.8) is 0 Å². The van der Waals surface area contributed by atoms with Crippen LogP contribution in [-0.4, -0.2) is 10.1 Å². The summed E-state index contributed by atoms with van der Waals surface area (Å²) in [5, 5.41) is 9.05. The monoisotopic (exact) mass is 273 g/mol. The zero-order valence-electron chi connectivity index (χ0n) is 10.4. The lowest BCUT2D eigenvalue weighted by molar-refractivity contribution is 0.278. The molecule has 0 fully saturated rings. The zero-order valence-corrected chi connectivity index (χ0v) is 11.2. The second kappa shape index (κ2) is 6.31. The van der Waals surface area contributed by atoms with Crippen molar-refractivity contribution in [1.82, 2.24) is 0 Å². The predicted molar refractivity (Wildman–Crippen MR) is 79.0 cm³/mol. The molecule has 0 aliphatic carbocycles. The van der Waals surface area contributed by atoms with Crippen molar-refractivity contribution in [2.75, 3.05) is 0 Å². The van der Waals surface area contributed by atoms with Crippen LogP contribution in [0.1, 0.15) is 16.7 Å². The lowest BCUT2D eigenvalue weighted by Gasteiger charge is -2.08. The Labute approximate surface area is 117 Å². The number of benzene rings is 2. The van der Waals surface area contributed by atoms with Gasteiger partial charge in [0.25, 0.3) is 0 Å². The van der Waals surface area contributed by atoms with E-state index in [1.807, 2.05) is 48.5 Å². The minimum absolute atomic E-state index is 0.0137. The van der Waals surface area contributed by atoms with E-state index in [0.29, 0.717) is 11.6 Å². The fourth-order valence-corrected chi connectivity index (χ4v) is 1.80. The van der Waals surface area contributed by atoms with E-state index in [9.17, 15) is 0 Å². The smallest absolute Gasteiger partial charge is 0.120 e. The third kappa shape index (κ3) is 3.77. The number of rotatable bonds is 5. The summed E-state index contributed by atoms with van der Waals surface area (Å²) in [6.07, 6.45) is 0. The van der Waals surface area contributed by atoms with Gasteiger partial charge in [-0.1, -0.05) is 48.6 Å². The number of aliphatic hydroxyl groups excluding tert-OH is 1. The first kappa shape index (κ1) is 13.5. The Hall–Kier alpha value is -1.91. The maximum Gasteiger partial charge on any atom is 0.120 e. The summed E-state index contributed by atoms with van der Waals surface area (Å²) < 4.78 is 5.66. The highest BCUT2D eigenvalue weighted by molar-refractivity contribution is 7.80. The summed E-state index contributed by atoms with van der Waals surface area (Å²) in [5.41, 5.74) is 8.26. The molecule has 0 spiro atoms. The van der Waals surface area contributed by atoms with Crippen LogP contribution in [0.25, 0.3) is 0 Å². The zero-order chi connectivity index (χ0) is 13.7. The van der Waals surface area contributed by atoms with Gasteiger partial charge in [0.05, 0.1) is 6.61 Å². The number of aliphatic hydroxyl groups is 1. The Morgan fingerprint density at radius 2 is 1.84 bits per heavy atom. The molecule has 4 heteroatoms. The van der Waals surface area contributed by atoms with Gasteiger partial charge in [0, 0.05) is 5.56 Å². The van der Waals surface area contributed by atoms with Crippen molar-refractivity contribution in [2.45, 2.75) is 13.2 Å². The minimum Gasteiger partial charge on any atom is -0.489 e. The van der Waals surface area contributed by atoms with Crippen molar-refractivity contribution in [1.29, 1.82) is 0 Å². The lowest BCUT2D eigenvalue weighted by atomic mass is 10.1. The largest absolute Gasteiger partial charge is 0.489 e. The molecule has 3 N–H and O–H groups in total. The van der Waals surface area contributed by atoms with Crippen molar-refractivity contribution in [3.05, 3.63) is 65.2 Å². The first-order valence-corrected chi connectivity index (χ1v) is 6.31. The van der Waals surface area contributed by atoms with E-state index in [4.69, 9.17) is 27.8 Å². The summed E-state index contributed by atoms with van der Waals surface area (Å²) in [6, 6.07) is 15.0. The molecule has 0 aromatic heterocycles. The molecule has 0 saturated heterocycles. The maximum atomic E-state index is 9.05. The quantitative estimate of drug-likeness (QED) is 0.821. The fourth-order valence-electron chi connectivity index (χ4n) is 1.67. The van der Waals surface area contributed by atoms with E-state index in [1.54, 1.807) is 0 Å². The topological polar surface area (TPSA) is 55.5 Å². The fraction of sp³-hybridized carbons (Fsp3) is 0.133. The predicted octanol–water partition coefficient (Wildman–Crippen LogP) is 2.39. The van der Waals surface area contributed by atoms with Gasteiger partial charge in [0.15, 0.2) is 0 Å². The molecule has 0 heterocycles. The molecular formula is C15H15NO2S. The van der Waals surface area contributed by atoms with Gasteiger partial charge in [-0.3, -0.25) is 0 Å². The SMILES string of the molecule is NC(=S)c1ccc(COc2cccc(CO)c2)cc1. The van der Waals surface area contributed by atoms with Gasteiger partial charge in [-0.15, -0.1) is 0 Å². The molecule has 0 bridgehead atoms. The molecule has 2 aromatic carbocycles. The first-order valence-electron chi connectivity index (χ1n) is 5.90. The second-order valence-corrected chi connectivity index (χ2v) is 4.60. The highest BCUT2D eigenvalue weighted by atomic mass is 32.1. The van der Waals surface area contributed by atoms with Crippen molar-refractivity contribution in [3.8, 4) is 5.75 Å². The van der Waals surface area contributed by atoms with Gasteiger partial charge in [-0.05, 0) is 23.3 Å². The highest BCUT2D eigenvalue weighted by Gasteiger charge is 1.99. The normalized spacial score (nSPS) is 10.2. The average molecular weight is 273 g/mol. The van der Waals surface area contributed by atoms with Crippen molar-refractivity contribution in [2.24, 2.45) is 5.73 Å². The number of ether oxygens (including phenoxy) is 1. The molecule has 0 unspecified atom stereocenters. The van der Waals surface area contributed by atoms with Gasteiger partial charge in [-0.2, -0.15) is 0 Å². The van der Waals surface area contributed by atoms with Crippen LogP contribution in [0, 0.1) is 0 Å². The van der Waals surface area contributed by atoms with E-state index in [2.05, 4.69) is 0 Å². The molecule has 0 amide bonds. The minimum atomic E-state index is 0.0137. The second-order valence-electron chi connectivity index (χ2n) is 4.16. The Morgan fingerprint density at radius 1 is 1.11 bits per heavy atom. The Bertz CT molecular complexity index is 567. The molecule has 0 saturated carbocycles. The van der Waals surface area contributed by atoms with E-state index in [-0.39, 0.29) is 6.61 Å². The van der Waals surface area contributed by atoms with Crippen molar-refractivity contribution >= 4 is 17.2 Å². The first-order chi connectivity index (χ1) is 9.19. The van der Waals surface area contributed by atoms with E-state index in [1.165, 1.54) is 0 Å². The molecule has 0 aliphatic rings. The summed E-state index contributed by atoms with van der Waals surface area (Å²) in [5.74, 6) is 0.741. The van der Waals surface area contributed by atoms with Crippen molar-refractivity contribution < 1.29 is 9.84 Å². The van der Waals surface area contributed by atoms with Gasteiger partial charge in [0.1, 0.15) is 17.3 Å². The van der Waals surface area contributed by atoms with Crippen LogP contribution in [0.2, 0.25) is 0 Å². The van der Waals surface area contributed by atoms with Gasteiger partial charge < -0.3 is 15.6 Å². The van der Waals surface area contributed by atoms with Crippen LogP contribution in [-0.2, 0) is 13.2 Å². The van der Waals surface area contributed by atoms with Gasteiger partial charge in [-0.25, -0.2) is 0 Å². The van der Waals surface area contributed by atoms with Crippen LogP contribution in [0.4, 0.5) is 0 Å². The average Bonchev–Trinajstić information content (AvgIpc) is 2.46. The van der Waals surface area contributed by atoms with E-state index < -0.39 is 0 Å². The summed E-state index contributed by atoms with van der Waals surface area (Å²) in [7, 11) is 0. The number of hydrogen-bond acceptors (Lipinski definition) is 3. The molecule has 98 valence electrons. The summed E-state index contributed by atoms with van der Waals surface area (Å²) in [6.45, 7) is 0.479. The molecular weight excluding hydrogens is 258 g/mol. The third-order valence-electron chi connectivity index (χ3n) is 2.72. The number of thiocarbonyl (C=S) groups is 1. The molecule has 2 aromatic rings. The molecule has 3 nitrogen and oxygen atoms in total. The van der Waals surface area contributed by atoms with Crippen LogP contribution >= 0.6 is 12.2 Å². The van der Waals surface area contributed by atoms with Crippen LogP contribution in [0.3, 0.4) is 0 Å². The van der Waals surface area contributed by atoms with Crippen LogP contribution in [0.5, 0.6) is 5.75 Å². The molecule has 2 rings (SSSR count). The Kier molecular flexibility index (Phi) is 4.49. The lowest BCUT2D eigenvalue weighted by Crippen LogP contribution is -2.09. The Morgan fingerprint density at radius 3 is 2.47 bits per heavy atom. The van der Waals surface area contributed by atoms with Gasteiger partial charge in [0.2, 0.25) is 0 Å². The highest BCUT2D eigenvalue weighted by Crippen LogP contribution is 2.15. The van der Waals surface area contributed by atoms with Gasteiger partial charge >= 0.3 is 0 Å². The standard InChI is InChI=1S/C15H15NO2S/c16-15(19)13-6-4-11(5-7-13)10-18-14-3-1-2-12(8-14)9-17/h1-8,17H,9-10H2,(H2,16,19). The molecule has 0 aliphatic heterocycles. The maximum absolute atomic E-state index is 9.05. The number of hydrogen-bond donors (Lipinski definition) is 2. The number of nitrogens with two attached hydrogens (primary N) is 1. The molecule has 0 atom stereocenters. The molecule has 19 heavy (non-hydrogen) atoms. The van der Waals surface area contributed by atoms with E-state index >= 15 is 0 Å². The third-order valence-corrected chi connectivity index (χ3v) is 2.96. The summed E-state index contributed by atoms with van der Waals surface area (Å²) in [4.78, 5) is 0.392. The van der Waals surface area contributed by atoms with E-state index in [0.717, 1.165) is 22.4 Å². The Balaban J connectivity index is 1.99.